The van der Waals surface area contributed by atoms with Crippen LogP contribution in [0.5, 0.6) is 11.6 Å². The van der Waals surface area contributed by atoms with E-state index in [0.717, 1.165) is 83.0 Å². The van der Waals surface area contributed by atoms with Crippen molar-refractivity contribution in [3.8, 4) is 44.5 Å². The number of aliphatic hydroxyl groups is 1. The maximum absolute atomic E-state index is 15.3. The number of carbonyl (C=O) groups is 7. The molecule has 1 unspecified atom stereocenters. The summed E-state index contributed by atoms with van der Waals surface area (Å²) in [6.07, 6.45) is -1.78. The van der Waals surface area contributed by atoms with Crippen LogP contribution >= 0.6 is 11.3 Å². The SMILES string of the molecule is COCOc1ccccc1-c1cc2c(nn1)N(C(=O)OC(NC(=O)[C@H](CCCNC(N)=O)NC(=O)[C@@H](NC(=O)OCC1c3ccccc3-c3ccccc31)C(C)C)c1ccccc1)C[C@H]1CN(CC3CCN(CCOc4cc([C@H](C(=O)N5C[C@H](O)C[C@H]5C(=O)N[C@@H](C)c5ccc(-c6scnc6C)cc5)C(C)C)on4)CC3)CCN21. The number of thiazole rings is 1. The Hall–Kier alpha value is -11.1. The Bertz CT molecular complexity index is 4630. The Morgan fingerprint density at radius 3 is 2.13 bits per heavy atom. The fourth-order valence-electron chi connectivity index (χ4n) is 16.0. The molecule has 29 nitrogen and oxygen atoms in total. The number of aliphatic hydroxyl groups excluding tert-OH is 1. The minimum Gasteiger partial charge on any atom is -0.474 e. The number of nitrogens with one attached hydrogen (secondary N) is 5. The summed E-state index contributed by atoms with van der Waals surface area (Å²) in [6.45, 7) is 16.8. The largest absolute Gasteiger partial charge is 0.474 e. The Labute approximate surface area is 666 Å². The number of fused-ring (bicyclic) bond motifs is 6. The molecular weight excluding hydrogens is 1480 g/mol. The molecule has 0 saturated carbocycles. The van der Waals surface area contributed by atoms with Crippen LogP contribution in [-0.4, -0.2) is 205 Å². The maximum Gasteiger partial charge on any atom is 0.417 e. The van der Waals surface area contributed by atoms with E-state index in [0.29, 0.717) is 66.2 Å². The highest BCUT2D eigenvalue weighted by Gasteiger charge is 2.45. The van der Waals surface area contributed by atoms with E-state index in [4.69, 9.17) is 39.0 Å². The number of anilines is 2. The average Bonchev–Trinajstić information content (AvgIpc) is 1.18. The summed E-state index contributed by atoms with van der Waals surface area (Å²) in [7, 11) is 1.54. The molecule has 13 rings (SSSR count). The van der Waals surface area contributed by atoms with E-state index in [1.165, 1.54) is 16.9 Å². The second-order valence-corrected chi connectivity index (χ2v) is 31.4. The summed E-state index contributed by atoms with van der Waals surface area (Å²) in [4.78, 5) is 114. The van der Waals surface area contributed by atoms with Gasteiger partial charge in [-0.15, -0.1) is 21.5 Å². The zero-order valence-corrected chi connectivity index (χ0v) is 66.1. The lowest BCUT2D eigenvalue weighted by molar-refractivity contribution is -0.141. The van der Waals surface area contributed by atoms with Crippen LogP contribution in [0, 0.1) is 24.7 Å². The molecule has 1 aliphatic carbocycles. The number of benzene rings is 5. The van der Waals surface area contributed by atoms with E-state index in [9.17, 15) is 33.9 Å². The first-order valence-electron chi connectivity index (χ1n) is 39.1. The van der Waals surface area contributed by atoms with E-state index in [1.807, 2.05) is 136 Å². The number of aryl methyl sites for hydroxylation is 1. The Balaban J connectivity index is 0.639. The standard InChI is InChI=1S/C84H101N15O14S/c1-50(2)73(81(104)98-46-59(100)40-69(98)78(102)88-52(5)55-27-29-56(30-28-55)75-53(6)87-48-114-75)71-42-72(94-113-71)109-39-38-95-34-31-54(32-35-95)43-96-36-37-97-58(44-96)45-99(76-68(97)41-67(92-93-76)64-24-15-16-26-70(64)111-49-108-7)84(107)112-80(57-18-9-8-10-19-57)91-77(101)66(25-17-33-86-82(85)105)89-79(103)74(51(3)4)90-83(106)110-47-65-62-22-13-11-20-60(62)61-21-12-14-23-63(61)65/h8-16,18-24,26-30,41-42,48,50-52,54,58-59,65-66,69,73-74,80,100H,17,25,31-40,43-47,49H2,1-7H3,(H,88,102)(H,89,103)(H,90,106)(H,91,101)(H3,85,86,105)/t52-,58+,59+,66-,69-,73+,74-,80?/m0/s1. The first-order chi connectivity index (χ1) is 55.2. The molecule has 8 N–H and O–H groups in total. The summed E-state index contributed by atoms with van der Waals surface area (Å²) in [5.74, 6) is -2.11. The lowest BCUT2D eigenvalue weighted by Gasteiger charge is -2.48. The van der Waals surface area contributed by atoms with Crippen LogP contribution in [0.1, 0.15) is 125 Å². The number of β-amino-alcohol motifs (C(OH)–C–C–N with tert-alkyl or cyclic N) is 1. The molecule has 0 radical (unpaired) electrons. The van der Waals surface area contributed by atoms with Gasteiger partial charge in [-0.1, -0.05) is 143 Å². The van der Waals surface area contributed by atoms with Crippen molar-refractivity contribution in [2.75, 3.05) is 102 Å². The number of amides is 8. The summed E-state index contributed by atoms with van der Waals surface area (Å²) >= 11 is 1.57. The third-order valence-electron chi connectivity index (χ3n) is 22.0. The predicted molar refractivity (Wildman–Crippen MR) is 428 cm³/mol. The number of para-hydroxylation sites is 1. The first kappa shape index (κ1) is 81.0. The molecule has 8 amide bonds. The highest BCUT2D eigenvalue weighted by atomic mass is 32.1. The molecule has 5 aliphatic rings. The molecule has 4 aliphatic heterocycles. The fraction of sp³-hybridized carbons (Fsp3) is 0.440. The lowest BCUT2D eigenvalue weighted by Crippen LogP contribution is -2.61. The van der Waals surface area contributed by atoms with Gasteiger partial charge in [0.2, 0.25) is 29.9 Å². The van der Waals surface area contributed by atoms with Crippen LogP contribution < -0.4 is 51.6 Å². The van der Waals surface area contributed by atoms with Gasteiger partial charge in [0.1, 0.15) is 43.0 Å². The second kappa shape index (κ2) is 37.3. The number of likely N-dealkylation sites (tertiary alicyclic amines) is 2. The molecule has 8 atom stereocenters. The topological polar surface area (TPSA) is 353 Å². The number of piperazine rings is 1. The van der Waals surface area contributed by atoms with Gasteiger partial charge in [-0.3, -0.25) is 33.9 Å². The molecule has 3 aromatic heterocycles. The number of carbonyl (C=O) groups excluding carboxylic acids is 7. The Kier molecular flexibility index (Phi) is 26.5. The summed E-state index contributed by atoms with van der Waals surface area (Å²) in [6, 6.07) is 38.9. The molecule has 114 heavy (non-hydrogen) atoms. The summed E-state index contributed by atoms with van der Waals surface area (Å²) in [5, 5.41) is 38.7. The van der Waals surface area contributed by atoms with Crippen LogP contribution in [0.25, 0.3) is 32.8 Å². The number of primary amides is 1. The molecule has 0 spiro atoms. The monoisotopic (exact) mass is 1580 g/mol. The van der Waals surface area contributed by atoms with Gasteiger partial charge in [-0.25, -0.2) is 19.4 Å². The molecule has 8 aromatic rings. The van der Waals surface area contributed by atoms with Crippen LogP contribution in [0.15, 0.2) is 150 Å². The van der Waals surface area contributed by atoms with Crippen molar-refractivity contribution in [3.63, 3.8) is 0 Å². The van der Waals surface area contributed by atoms with Gasteiger partial charge in [-0.05, 0) is 127 Å². The molecule has 5 aromatic carbocycles. The number of nitrogens with two attached hydrogens (primary N) is 1. The van der Waals surface area contributed by atoms with Gasteiger partial charge in [0.25, 0.3) is 5.88 Å². The van der Waals surface area contributed by atoms with Crippen LogP contribution in [0.3, 0.4) is 0 Å². The number of urea groups is 1. The van der Waals surface area contributed by atoms with Gasteiger partial charge >= 0.3 is 18.2 Å². The van der Waals surface area contributed by atoms with Crippen molar-refractivity contribution in [1.29, 1.82) is 0 Å². The van der Waals surface area contributed by atoms with Crippen LogP contribution in [0.4, 0.5) is 25.9 Å². The summed E-state index contributed by atoms with van der Waals surface area (Å²) < 4.78 is 35.5. The maximum atomic E-state index is 15.3. The average molecular weight is 1580 g/mol. The number of methoxy groups -OCH3 is 1. The first-order valence-corrected chi connectivity index (χ1v) is 40.0. The smallest absolute Gasteiger partial charge is 0.417 e. The molecular formula is C84H101N15O14S. The Morgan fingerprint density at radius 1 is 0.728 bits per heavy atom. The lowest BCUT2D eigenvalue weighted by atomic mass is 9.91. The summed E-state index contributed by atoms with van der Waals surface area (Å²) in [5.41, 5.74) is 16.5. The number of hydrogen-bond acceptors (Lipinski definition) is 22. The number of alkyl carbamates (subject to hydrolysis) is 1. The minimum atomic E-state index is -1.41. The molecule has 3 saturated heterocycles. The third-order valence-corrected chi connectivity index (χ3v) is 23.0. The van der Waals surface area contributed by atoms with E-state index >= 15 is 4.79 Å². The second-order valence-electron chi connectivity index (χ2n) is 30.5. The predicted octanol–water partition coefficient (Wildman–Crippen LogP) is 9.67. The van der Waals surface area contributed by atoms with Crippen LogP contribution in [-0.2, 0) is 33.4 Å². The van der Waals surface area contributed by atoms with Gasteiger partial charge in [-0.2, -0.15) is 0 Å². The number of rotatable bonds is 31. The zero-order valence-electron chi connectivity index (χ0n) is 65.3. The molecule has 30 heteroatoms. The quantitative estimate of drug-likeness (QED) is 0.0157. The number of nitrogens with zero attached hydrogens (tertiary/aromatic N) is 9. The van der Waals surface area contributed by atoms with E-state index in [-0.39, 0.29) is 99.7 Å². The highest BCUT2D eigenvalue weighted by molar-refractivity contribution is 7.13. The highest BCUT2D eigenvalue weighted by Crippen LogP contribution is 2.45. The van der Waals surface area contributed by atoms with Gasteiger partial charge in [0.05, 0.1) is 52.2 Å². The number of hydrogen-bond donors (Lipinski definition) is 7. The van der Waals surface area contributed by atoms with Crippen LogP contribution in [0.2, 0.25) is 0 Å². The third kappa shape index (κ3) is 19.2. The van der Waals surface area contributed by atoms with Gasteiger partial charge in [0.15, 0.2) is 18.4 Å². The molecule has 7 heterocycles. The van der Waals surface area contributed by atoms with Crippen molar-refractivity contribution in [1.82, 2.24) is 61.6 Å². The number of ether oxygens (including phenoxy) is 5. The van der Waals surface area contributed by atoms with Crippen molar-refractivity contribution >= 4 is 64.7 Å². The number of piperidine rings is 1. The minimum absolute atomic E-state index is 0.00644. The number of aromatic nitrogens is 4. The fourth-order valence-corrected chi connectivity index (χ4v) is 16.9. The normalized spacial score (nSPS) is 18.3. The molecule has 3 fully saturated rings. The van der Waals surface area contributed by atoms with Crippen molar-refractivity contribution in [2.24, 2.45) is 23.5 Å². The van der Waals surface area contributed by atoms with Crippen molar-refractivity contribution in [2.45, 2.75) is 128 Å². The van der Waals surface area contributed by atoms with Crippen molar-refractivity contribution < 1.29 is 66.9 Å². The van der Waals surface area contributed by atoms with Crippen molar-refractivity contribution in [3.05, 3.63) is 179 Å². The van der Waals surface area contributed by atoms with Gasteiger partial charge in [0, 0.05) is 82.5 Å². The van der Waals surface area contributed by atoms with E-state index < -0.39 is 72.3 Å². The molecule has 0 bridgehead atoms. The molecule has 602 valence electrons. The van der Waals surface area contributed by atoms with E-state index in [1.54, 1.807) is 61.6 Å². The van der Waals surface area contributed by atoms with E-state index in [2.05, 4.69) is 56.5 Å². The zero-order chi connectivity index (χ0) is 80.1. The van der Waals surface area contributed by atoms with Gasteiger partial charge < -0.3 is 75.4 Å². The Morgan fingerprint density at radius 2 is 1.44 bits per heavy atom.